The Labute approximate surface area is 141 Å². The summed E-state index contributed by atoms with van der Waals surface area (Å²) in [5, 5.41) is 2.72. The zero-order valence-corrected chi connectivity index (χ0v) is 14.0. The molecular formula is C19H21N3O2. The molecule has 5 heteroatoms. The van der Waals surface area contributed by atoms with Gasteiger partial charge in [-0.2, -0.15) is 0 Å². The first-order valence-corrected chi connectivity index (χ1v) is 8.00. The van der Waals surface area contributed by atoms with Crippen molar-refractivity contribution in [3.8, 4) is 0 Å². The van der Waals surface area contributed by atoms with Crippen LogP contribution in [0.3, 0.4) is 0 Å². The first-order valence-electron chi connectivity index (χ1n) is 8.00. The number of rotatable bonds is 4. The Kier molecular flexibility index (Phi) is 4.51. The van der Waals surface area contributed by atoms with Gasteiger partial charge in [0.25, 0.3) is 5.91 Å². The highest BCUT2D eigenvalue weighted by Gasteiger charge is 2.24. The standard InChI is InChI=1S/C19H21N3O2/c1-21(2)16-8-5-7-15(12-16)19(24)20-13-18(23)22-11-10-14-6-3-4-9-17(14)22/h3-9,12H,10-11,13H2,1-2H3,(H,20,24). The summed E-state index contributed by atoms with van der Waals surface area (Å²) in [7, 11) is 3.84. The lowest BCUT2D eigenvalue weighted by molar-refractivity contribution is -0.117. The van der Waals surface area contributed by atoms with Crippen molar-refractivity contribution in [1.82, 2.24) is 5.32 Å². The van der Waals surface area contributed by atoms with E-state index in [-0.39, 0.29) is 18.4 Å². The van der Waals surface area contributed by atoms with E-state index in [0.29, 0.717) is 12.1 Å². The Morgan fingerprint density at radius 1 is 1.12 bits per heavy atom. The number of benzene rings is 2. The maximum absolute atomic E-state index is 12.4. The summed E-state index contributed by atoms with van der Waals surface area (Å²) >= 11 is 0. The highest BCUT2D eigenvalue weighted by Crippen LogP contribution is 2.27. The van der Waals surface area contributed by atoms with Gasteiger partial charge in [0.05, 0.1) is 6.54 Å². The minimum atomic E-state index is -0.237. The van der Waals surface area contributed by atoms with Gasteiger partial charge < -0.3 is 15.1 Å². The molecule has 0 saturated carbocycles. The van der Waals surface area contributed by atoms with Crippen molar-refractivity contribution in [2.45, 2.75) is 6.42 Å². The Balaban J connectivity index is 1.63. The third-order valence-electron chi connectivity index (χ3n) is 4.21. The van der Waals surface area contributed by atoms with E-state index in [1.54, 1.807) is 11.0 Å². The van der Waals surface area contributed by atoms with Crippen molar-refractivity contribution >= 4 is 23.2 Å². The van der Waals surface area contributed by atoms with Crippen LogP contribution in [-0.4, -0.2) is 39.0 Å². The van der Waals surface area contributed by atoms with Crippen LogP contribution in [0.2, 0.25) is 0 Å². The number of carbonyl (C=O) groups excluding carboxylic acids is 2. The summed E-state index contributed by atoms with van der Waals surface area (Å²) in [5.74, 6) is -0.323. The Morgan fingerprint density at radius 3 is 2.71 bits per heavy atom. The molecule has 3 rings (SSSR count). The molecule has 0 bridgehead atoms. The van der Waals surface area contributed by atoms with Gasteiger partial charge in [0.15, 0.2) is 0 Å². The van der Waals surface area contributed by atoms with Crippen molar-refractivity contribution in [2.24, 2.45) is 0 Å². The van der Waals surface area contributed by atoms with Crippen molar-refractivity contribution < 1.29 is 9.59 Å². The van der Waals surface area contributed by atoms with Gasteiger partial charge in [-0.15, -0.1) is 0 Å². The van der Waals surface area contributed by atoms with E-state index in [1.165, 1.54) is 5.56 Å². The summed E-state index contributed by atoms with van der Waals surface area (Å²) in [5.41, 5.74) is 3.63. The van der Waals surface area contributed by atoms with Gasteiger partial charge >= 0.3 is 0 Å². The van der Waals surface area contributed by atoms with E-state index in [1.807, 2.05) is 61.5 Å². The normalized spacial score (nSPS) is 12.7. The molecule has 0 saturated heterocycles. The molecule has 2 aromatic carbocycles. The molecule has 1 heterocycles. The van der Waals surface area contributed by atoms with Gasteiger partial charge in [0.2, 0.25) is 5.91 Å². The largest absolute Gasteiger partial charge is 0.378 e. The summed E-state index contributed by atoms with van der Waals surface area (Å²) in [6, 6.07) is 15.2. The first kappa shape index (κ1) is 16.1. The maximum Gasteiger partial charge on any atom is 0.251 e. The second-order valence-electron chi connectivity index (χ2n) is 6.05. The van der Waals surface area contributed by atoms with Crippen LogP contribution in [0.1, 0.15) is 15.9 Å². The number of nitrogens with zero attached hydrogens (tertiary/aromatic N) is 2. The number of hydrogen-bond acceptors (Lipinski definition) is 3. The summed E-state index contributed by atoms with van der Waals surface area (Å²) in [4.78, 5) is 28.4. The highest BCUT2D eigenvalue weighted by atomic mass is 16.2. The number of nitrogens with one attached hydrogen (secondary N) is 1. The van der Waals surface area contributed by atoms with Crippen LogP contribution in [0.4, 0.5) is 11.4 Å². The topological polar surface area (TPSA) is 52.7 Å². The number of carbonyl (C=O) groups is 2. The fourth-order valence-corrected chi connectivity index (χ4v) is 2.88. The molecule has 0 aliphatic carbocycles. The van der Waals surface area contributed by atoms with Crippen molar-refractivity contribution in [1.29, 1.82) is 0 Å². The van der Waals surface area contributed by atoms with Crippen molar-refractivity contribution in [3.63, 3.8) is 0 Å². The molecule has 0 atom stereocenters. The zero-order chi connectivity index (χ0) is 17.1. The van der Waals surface area contributed by atoms with E-state index in [2.05, 4.69) is 5.32 Å². The van der Waals surface area contributed by atoms with Crippen LogP contribution in [-0.2, 0) is 11.2 Å². The molecule has 24 heavy (non-hydrogen) atoms. The summed E-state index contributed by atoms with van der Waals surface area (Å²) < 4.78 is 0. The van der Waals surface area contributed by atoms with E-state index in [0.717, 1.165) is 17.8 Å². The van der Waals surface area contributed by atoms with E-state index < -0.39 is 0 Å². The fourth-order valence-electron chi connectivity index (χ4n) is 2.88. The maximum atomic E-state index is 12.4. The van der Waals surface area contributed by atoms with E-state index in [4.69, 9.17) is 0 Å². The number of fused-ring (bicyclic) bond motifs is 1. The smallest absolute Gasteiger partial charge is 0.251 e. The van der Waals surface area contributed by atoms with Crippen molar-refractivity contribution in [2.75, 3.05) is 37.0 Å². The predicted molar refractivity (Wildman–Crippen MR) is 95.6 cm³/mol. The number of para-hydroxylation sites is 1. The van der Waals surface area contributed by atoms with Gasteiger partial charge in [0, 0.05) is 37.6 Å². The first-order chi connectivity index (χ1) is 11.6. The van der Waals surface area contributed by atoms with E-state index in [9.17, 15) is 9.59 Å². The van der Waals surface area contributed by atoms with Crippen LogP contribution in [0.25, 0.3) is 0 Å². The molecule has 2 amide bonds. The van der Waals surface area contributed by atoms with Gasteiger partial charge in [-0.25, -0.2) is 0 Å². The second kappa shape index (κ2) is 6.74. The van der Waals surface area contributed by atoms with Crippen LogP contribution in [0, 0.1) is 0 Å². The minimum absolute atomic E-state index is 0.000635. The van der Waals surface area contributed by atoms with Crippen LogP contribution >= 0.6 is 0 Å². The van der Waals surface area contributed by atoms with Gasteiger partial charge in [-0.1, -0.05) is 24.3 Å². The fraction of sp³-hybridized carbons (Fsp3) is 0.263. The van der Waals surface area contributed by atoms with Crippen LogP contribution < -0.4 is 15.1 Å². The molecule has 1 aliphatic heterocycles. The SMILES string of the molecule is CN(C)c1cccc(C(=O)NCC(=O)N2CCc3ccccc32)c1. The van der Waals surface area contributed by atoms with Crippen LogP contribution in [0.5, 0.6) is 0 Å². The predicted octanol–water partition coefficient (Wildman–Crippen LogP) is 2.07. The van der Waals surface area contributed by atoms with Gasteiger partial charge in [-0.05, 0) is 36.2 Å². The lowest BCUT2D eigenvalue weighted by atomic mass is 10.2. The highest BCUT2D eigenvalue weighted by molar-refractivity contribution is 6.01. The molecule has 2 aromatic rings. The average Bonchev–Trinajstić information content (AvgIpc) is 3.03. The second-order valence-corrected chi connectivity index (χ2v) is 6.05. The lowest BCUT2D eigenvalue weighted by Gasteiger charge is -2.18. The molecule has 1 N–H and O–H groups in total. The third kappa shape index (κ3) is 3.25. The molecule has 124 valence electrons. The Bertz CT molecular complexity index is 771. The molecule has 5 nitrogen and oxygen atoms in total. The monoisotopic (exact) mass is 323 g/mol. The molecule has 0 fully saturated rings. The van der Waals surface area contributed by atoms with Gasteiger partial charge in [0.1, 0.15) is 0 Å². The molecule has 1 aliphatic rings. The number of hydrogen-bond donors (Lipinski definition) is 1. The zero-order valence-electron chi connectivity index (χ0n) is 14.0. The summed E-state index contributed by atoms with van der Waals surface area (Å²) in [6.45, 7) is 0.670. The number of anilines is 2. The molecule has 0 unspecified atom stereocenters. The average molecular weight is 323 g/mol. The summed E-state index contributed by atoms with van der Waals surface area (Å²) in [6.07, 6.45) is 0.862. The minimum Gasteiger partial charge on any atom is -0.378 e. The molecule has 0 radical (unpaired) electrons. The van der Waals surface area contributed by atoms with Gasteiger partial charge in [-0.3, -0.25) is 9.59 Å². The Hall–Kier alpha value is -2.82. The van der Waals surface area contributed by atoms with Crippen molar-refractivity contribution in [3.05, 3.63) is 59.7 Å². The molecule has 0 aromatic heterocycles. The lowest BCUT2D eigenvalue weighted by Crippen LogP contribution is -2.39. The quantitative estimate of drug-likeness (QED) is 0.937. The number of amides is 2. The third-order valence-corrected chi connectivity index (χ3v) is 4.21. The Morgan fingerprint density at radius 2 is 1.92 bits per heavy atom. The van der Waals surface area contributed by atoms with Crippen LogP contribution in [0.15, 0.2) is 48.5 Å². The molecular weight excluding hydrogens is 302 g/mol. The van der Waals surface area contributed by atoms with E-state index >= 15 is 0 Å². The molecule has 0 spiro atoms.